The predicted molar refractivity (Wildman–Crippen MR) is 22.0 cm³/mol. The van der Waals surface area contributed by atoms with E-state index < -0.39 is 0 Å². The molecule has 1 saturated carbocycles. The minimum atomic E-state index is 0.419. The third-order valence-corrected chi connectivity index (χ3v) is 0.813. The highest BCUT2D eigenvalue weighted by Crippen LogP contribution is 2.17. The Kier molecular flexibility index (Phi) is 0.742. The van der Waals surface area contributed by atoms with E-state index in [9.17, 15) is 4.91 Å². The molecular formula is C3H6N2O. The Morgan fingerprint density at radius 3 is 2.50 bits per heavy atom. The van der Waals surface area contributed by atoms with Crippen molar-refractivity contribution in [1.29, 1.82) is 0 Å². The quantitative estimate of drug-likeness (QED) is 0.391. The van der Waals surface area contributed by atoms with Crippen LogP contribution in [0.15, 0.2) is 5.29 Å². The number of rotatable bonds is 2. The van der Waals surface area contributed by atoms with Crippen molar-refractivity contribution >= 4 is 0 Å². The standard InChI is InChI=1S/C3H6N2O/c6-5-4-3-1-2-3/h3H,1-2H2,(H,4,6). The molecule has 0 aliphatic heterocycles. The Labute approximate surface area is 35.7 Å². The van der Waals surface area contributed by atoms with Gasteiger partial charge in [-0.05, 0) is 12.8 Å². The molecule has 1 aliphatic carbocycles. The molecule has 0 aromatic heterocycles. The highest BCUT2D eigenvalue weighted by molar-refractivity contribution is 4.78. The van der Waals surface area contributed by atoms with Gasteiger partial charge < -0.3 is 0 Å². The zero-order valence-corrected chi connectivity index (χ0v) is 3.35. The van der Waals surface area contributed by atoms with Gasteiger partial charge in [0.1, 0.15) is 0 Å². The second kappa shape index (κ2) is 1.24. The first-order valence-corrected chi connectivity index (χ1v) is 2.01. The highest BCUT2D eigenvalue weighted by Gasteiger charge is 2.20. The Morgan fingerprint density at radius 1 is 1.67 bits per heavy atom. The topological polar surface area (TPSA) is 41.5 Å². The number of hydrogen-bond donors (Lipinski definition) is 1. The van der Waals surface area contributed by atoms with Crippen molar-refractivity contribution in [3.05, 3.63) is 4.91 Å². The van der Waals surface area contributed by atoms with Gasteiger partial charge in [-0.15, -0.1) is 4.91 Å². The van der Waals surface area contributed by atoms with Crippen LogP contribution in [0.4, 0.5) is 0 Å². The second-order valence-electron chi connectivity index (χ2n) is 1.49. The summed E-state index contributed by atoms with van der Waals surface area (Å²) in [6.07, 6.45) is 2.23. The first kappa shape index (κ1) is 3.59. The van der Waals surface area contributed by atoms with E-state index in [1.54, 1.807) is 0 Å². The normalized spacial score (nSPS) is 20.0. The lowest BCUT2D eigenvalue weighted by Gasteiger charge is -1.80. The first-order chi connectivity index (χ1) is 2.93. The Balaban J connectivity index is 2.00. The molecule has 0 amide bonds. The summed E-state index contributed by atoms with van der Waals surface area (Å²) < 4.78 is 0. The van der Waals surface area contributed by atoms with Crippen LogP contribution in [0, 0.1) is 4.91 Å². The molecule has 0 radical (unpaired) electrons. The lowest BCUT2D eigenvalue weighted by atomic mass is 10.8. The van der Waals surface area contributed by atoms with Crippen molar-refractivity contribution in [3.63, 3.8) is 0 Å². The monoisotopic (exact) mass is 86.0 g/mol. The summed E-state index contributed by atoms with van der Waals surface area (Å²) in [7, 11) is 0. The van der Waals surface area contributed by atoms with Crippen molar-refractivity contribution in [3.8, 4) is 0 Å². The van der Waals surface area contributed by atoms with Gasteiger partial charge >= 0.3 is 0 Å². The van der Waals surface area contributed by atoms with Gasteiger partial charge in [0.2, 0.25) is 0 Å². The summed E-state index contributed by atoms with van der Waals surface area (Å²) in [6.45, 7) is 0. The average molecular weight is 86.1 g/mol. The maximum absolute atomic E-state index is 9.29. The van der Waals surface area contributed by atoms with Crippen LogP contribution in [0.25, 0.3) is 0 Å². The number of nitrogens with zero attached hydrogens (tertiary/aromatic N) is 1. The van der Waals surface area contributed by atoms with Crippen molar-refractivity contribution in [2.75, 3.05) is 0 Å². The van der Waals surface area contributed by atoms with Crippen molar-refractivity contribution in [1.82, 2.24) is 5.43 Å². The average Bonchev–Trinajstić information content (AvgIpc) is 2.21. The summed E-state index contributed by atoms with van der Waals surface area (Å²) in [5, 5.41) is 2.50. The third-order valence-electron chi connectivity index (χ3n) is 0.813. The van der Waals surface area contributed by atoms with Gasteiger partial charge in [-0.3, -0.25) is 5.43 Å². The molecule has 0 spiro atoms. The molecule has 0 aromatic rings. The molecule has 0 heterocycles. The summed E-state index contributed by atoms with van der Waals surface area (Å²) >= 11 is 0. The maximum atomic E-state index is 9.29. The summed E-state index contributed by atoms with van der Waals surface area (Å²) in [5.41, 5.74) is 2.39. The predicted octanol–water partition coefficient (Wildman–Crippen LogP) is 0.420. The van der Waals surface area contributed by atoms with Crippen LogP contribution in [-0.2, 0) is 0 Å². The minimum Gasteiger partial charge on any atom is -0.271 e. The van der Waals surface area contributed by atoms with Crippen LogP contribution in [0.5, 0.6) is 0 Å². The largest absolute Gasteiger partial charge is 0.271 e. The van der Waals surface area contributed by atoms with Crippen molar-refractivity contribution in [2.45, 2.75) is 18.9 Å². The molecule has 34 valence electrons. The van der Waals surface area contributed by atoms with Gasteiger partial charge in [0.15, 0.2) is 0 Å². The van der Waals surface area contributed by atoms with E-state index >= 15 is 0 Å². The molecule has 6 heavy (non-hydrogen) atoms. The van der Waals surface area contributed by atoms with E-state index in [0.29, 0.717) is 6.04 Å². The Morgan fingerprint density at radius 2 is 2.33 bits per heavy atom. The lowest BCUT2D eigenvalue weighted by Crippen LogP contribution is -2.04. The smallest absolute Gasteiger partial charge is 0.0499 e. The molecule has 3 heteroatoms. The van der Waals surface area contributed by atoms with E-state index in [4.69, 9.17) is 0 Å². The first-order valence-electron chi connectivity index (χ1n) is 2.01. The van der Waals surface area contributed by atoms with Crippen molar-refractivity contribution in [2.24, 2.45) is 5.29 Å². The van der Waals surface area contributed by atoms with E-state index in [-0.39, 0.29) is 0 Å². The van der Waals surface area contributed by atoms with Crippen LogP contribution in [0.2, 0.25) is 0 Å². The summed E-state index contributed by atoms with van der Waals surface area (Å²) in [6, 6.07) is 0.419. The van der Waals surface area contributed by atoms with Gasteiger partial charge in [-0.2, -0.15) is 0 Å². The maximum Gasteiger partial charge on any atom is 0.0499 e. The fourth-order valence-electron chi connectivity index (χ4n) is 0.287. The molecule has 0 unspecified atom stereocenters. The lowest BCUT2D eigenvalue weighted by molar-refractivity contribution is 0.730. The fraction of sp³-hybridized carbons (Fsp3) is 1.00. The van der Waals surface area contributed by atoms with Crippen LogP contribution in [0.1, 0.15) is 12.8 Å². The minimum absolute atomic E-state index is 0.419. The molecular weight excluding hydrogens is 80.0 g/mol. The van der Waals surface area contributed by atoms with Crippen LogP contribution in [-0.4, -0.2) is 6.04 Å². The Hall–Kier alpha value is -0.600. The van der Waals surface area contributed by atoms with Gasteiger partial charge in [-0.25, -0.2) is 0 Å². The van der Waals surface area contributed by atoms with E-state index in [1.165, 1.54) is 0 Å². The van der Waals surface area contributed by atoms with Gasteiger partial charge in [-0.1, -0.05) is 0 Å². The van der Waals surface area contributed by atoms with Crippen LogP contribution in [0.3, 0.4) is 0 Å². The molecule has 0 atom stereocenters. The molecule has 1 aliphatic rings. The Bertz CT molecular complexity index is 59.8. The second-order valence-corrected chi connectivity index (χ2v) is 1.49. The van der Waals surface area contributed by atoms with E-state index in [2.05, 4.69) is 10.7 Å². The van der Waals surface area contributed by atoms with Crippen molar-refractivity contribution < 1.29 is 0 Å². The van der Waals surface area contributed by atoms with Crippen LogP contribution < -0.4 is 5.43 Å². The van der Waals surface area contributed by atoms with Gasteiger partial charge in [0, 0.05) is 11.3 Å². The molecule has 1 fully saturated rings. The SMILES string of the molecule is O=NNC1CC1. The molecule has 0 bridgehead atoms. The molecule has 3 nitrogen and oxygen atoms in total. The number of nitrogens with one attached hydrogen (secondary N) is 1. The zero-order chi connectivity index (χ0) is 4.41. The summed E-state index contributed by atoms with van der Waals surface area (Å²) in [5.74, 6) is 0. The number of nitroso groups, excluding NO2 is 1. The fourth-order valence-corrected chi connectivity index (χ4v) is 0.287. The highest BCUT2D eigenvalue weighted by atomic mass is 16.3. The third kappa shape index (κ3) is 0.672. The zero-order valence-electron chi connectivity index (χ0n) is 3.35. The van der Waals surface area contributed by atoms with E-state index in [0.717, 1.165) is 12.8 Å². The summed E-state index contributed by atoms with van der Waals surface area (Å²) in [4.78, 5) is 9.29. The number of hydrogen-bond acceptors (Lipinski definition) is 2. The molecule has 1 N–H and O–H groups in total. The van der Waals surface area contributed by atoms with Crippen LogP contribution >= 0.6 is 0 Å². The van der Waals surface area contributed by atoms with E-state index in [1.807, 2.05) is 0 Å². The molecule has 1 rings (SSSR count). The van der Waals surface area contributed by atoms with Gasteiger partial charge in [0.25, 0.3) is 0 Å². The molecule has 0 aromatic carbocycles. The molecule has 0 saturated heterocycles. The van der Waals surface area contributed by atoms with Gasteiger partial charge in [0.05, 0.1) is 0 Å².